The maximum absolute atomic E-state index is 5.90. The van der Waals surface area contributed by atoms with Crippen LogP contribution in [0.15, 0.2) is 34.9 Å². The third-order valence-electron chi connectivity index (χ3n) is 2.76. The first-order valence-corrected chi connectivity index (χ1v) is 7.01. The van der Waals surface area contributed by atoms with E-state index in [1.807, 2.05) is 18.2 Å². The summed E-state index contributed by atoms with van der Waals surface area (Å²) in [6.45, 7) is 1.68. The van der Waals surface area contributed by atoms with Crippen LogP contribution in [-0.2, 0) is 6.54 Å². The van der Waals surface area contributed by atoms with Crippen LogP contribution in [0.5, 0.6) is 0 Å². The molecule has 1 N–H and O–H groups in total. The SMILES string of the molecule is CN(C)C(CNCc1ccc(Cl)s1)c1ccco1. The lowest BCUT2D eigenvalue weighted by atomic mass is 10.2. The van der Waals surface area contributed by atoms with E-state index in [4.69, 9.17) is 16.0 Å². The predicted molar refractivity (Wildman–Crippen MR) is 76.2 cm³/mol. The molecule has 98 valence electrons. The van der Waals surface area contributed by atoms with Crippen molar-refractivity contribution in [1.29, 1.82) is 0 Å². The molecule has 2 aromatic rings. The van der Waals surface area contributed by atoms with Crippen LogP contribution in [0.3, 0.4) is 0 Å². The minimum atomic E-state index is 0.246. The number of furan rings is 1. The maximum Gasteiger partial charge on any atom is 0.122 e. The van der Waals surface area contributed by atoms with E-state index in [0.29, 0.717) is 0 Å². The Morgan fingerprint density at radius 1 is 1.39 bits per heavy atom. The van der Waals surface area contributed by atoms with E-state index in [1.54, 1.807) is 17.6 Å². The fraction of sp³-hybridized carbons (Fsp3) is 0.385. The van der Waals surface area contributed by atoms with Gasteiger partial charge < -0.3 is 9.73 Å². The van der Waals surface area contributed by atoms with Crippen LogP contribution in [0.2, 0.25) is 4.34 Å². The van der Waals surface area contributed by atoms with E-state index < -0.39 is 0 Å². The third kappa shape index (κ3) is 3.59. The highest BCUT2D eigenvalue weighted by atomic mass is 35.5. The molecule has 0 saturated heterocycles. The van der Waals surface area contributed by atoms with Gasteiger partial charge in [0.15, 0.2) is 0 Å². The number of rotatable bonds is 6. The third-order valence-corrected chi connectivity index (χ3v) is 3.99. The van der Waals surface area contributed by atoms with Crippen LogP contribution in [0, 0.1) is 0 Å². The van der Waals surface area contributed by atoms with Crippen LogP contribution in [0.1, 0.15) is 16.7 Å². The molecule has 0 aromatic carbocycles. The fourth-order valence-corrected chi connectivity index (χ4v) is 2.85. The molecule has 1 unspecified atom stereocenters. The van der Waals surface area contributed by atoms with Gasteiger partial charge in [-0.15, -0.1) is 11.3 Å². The Morgan fingerprint density at radius 2 is 2.22 bits per heavy atom. The number of hydrogen-bond acceptors (Lipinski definition) is 4. The van der Waals surface area contributed by atoms with Crippen molar-refractivity contribution in [3.8, 4) is 0 Å². The molecule has 0 bridgehead atoms. The number of thiophene rings is 1. The number of likely N-dealkylation sites (N-methyl/N-ethyl adjacent to an activating group) is 1. The van der Waals surface area contributed by atoms with Crippen molar-refractivity contribution in [2.45, 2.75) is 12.6 Å². The molecule has 5 heteroatoms. The van der Waals surface area contributed by atoms with E-state index in [1.165, 1.54) is 4.88 Å². The first-order chi connectivity index (χ1) is 8.66. The zero-order chi connectivity index (χ0) is 13.0. The Balaban J connectivity index is 1.87. The first kappa shape index (κ1) is 13.6. The van der Waals surface area contributed by atoms with Gasteiger partial charge in [0.05, 0.1) is 16.6 Å². The highest BCUT2D eigenvalue weighted by Gasteiger charge is 2.16. The normalized spacial score (nSPS) is 13.1. The lowest BCUT2D eigenvalue weighted by Gasteiger charge is -2.22. The van der Waals surface area contributed by atoms with Crippen molar-refractivity contribution in [3.63, 3.8) is 0 Å². The molecule has 2 rings (SSSR count). The van der Waals surface area contributed by atoms with Crippen molar-refractivity contribution in [2.75, 3.05) is 20.6 Å². The van der Waals surface area contributed by atoms with E-state index in [-0.39, 0.29) is 6.04 Å². The summed E-state index contributed by atoms with van der Waals surface area (Å²) in [7, 11) is 4.10. The largest absolute Gasteiger partial charge is 0.468 e. The fourth-order valence-electron chi connectivity index (χ4n) is 1.80. The second-order valence-electron chi connectivity index (χ2n) is 4.33. The van der Waals surface area contributed by atoms with Crippen LogP contribution >= 0.6 is 22.9 Å². The zero-order valence-corrected chi connectivity index (χ0v) is 12.1. The van der Waals surface area contributed by atoms with Gasteiger partial charge in [0, 0.05) is 18.0 Å². The van der Waals surface area contributed by atoms with Crippen molar-refractivity contribution < 1.29 is 4.42 Å². The van der Waals surface area contributed by atoms with Crippen LogP contribution in [-0.4, -0.2) is 25.5 Å². The van der Waals surface area contributed by atoms with Gasteiger partial charge in [-0.25, -0.2) is 0 Å². The van der Waals surface area contributed by atoms with Gasteiger partial charge in [-0.05, 0) is 38.4 Å². The van der Waals surface area contributed by atoms with Gasteiger partial charge in [-0.3, -0.25) is 4.90 Å². The summed E-state index contributed by atoms with van der Waals surface area (Å²) in [6.07, 6.45) is 1.71. The molecule has 0 saturated carbocycles. The molecule has 0 aliphatic heterocycles. The highest BCUT2D eigenvalue weighted by molar-refractivity contribution is 7.16. The summed E-state index contributed by atoms with van der Waals surface area (Å²) in [5.74, 6) is 0.983. The molecule has 18 heavy (non-hydrogen) atoms. The Hall–Kier alpha value is -0.810. The molecule has 0 aliphatic rings. The summed E-state index contributed by atoms with van der Waals surface area (Å²) < 4.78 is 6.30. The quantitative estimate of drug-likeness (QED) is 0.881. The molecular weight excluding hydrogens is 268 g/mol. The Kier molecular flexibility index (Phi) is 4.83. The van der Waals surface area contributed by atoms with Crippen LogP contribution in [0.4, 0.5) is 0 Å². The zero-order valence-electron chi connectivity index (χ0n) is 10.5. The van der Waals surface area contributed by atoms with Gasteiger partial charge >= 0.3 is 0 Å². The molecule has 0 aliphatic carbocycles. The number of nitrogens with zero attached hydrogens (tertiary/aromatic N) is 1. The summed E-state index contributed by atoms with van der Waals surface area (Å²) in [5.41, 5.74) is 0. The molecule has 1 atom stereocenters. The van der Waals surface area contributed by atoms with Crippen LogP contribution < -0.4 is 5.32 Å². The van der Waals surface area contributed by atoms with Gasteiger partial charge in [0.25, 0.3) is 0 Å². The summed E-state index contributed by atoms with van der Waals surface area (Å²) in [4.78, 5) is 3.39. The van der Waals surface area contributed by atoms with Gasteiger partial charge in [-0.2, -0.15) is 0 Å². The summed E-state index contributed by atoms with van der Waals surface area (Å²) in [6, 6.07) is 8.16. The Morgan fingerprint density at radius 3 is 2.78 bits per heavy atom. The minimum Gasteiger partial charge on any atom is -0.468 e. The molecule has 0 radical (unpaired) electrons. The average molecular weight is 285 g/mol. The Bertz CT molecular complexity index is 467. The topological polar surface area (TPSA) is 28.4 Å². The second-order valence-corrected chi connectivity index (χ2v) is 6.13. The average Bonchev–Trinajstić information content (AvgIpc) is 2.95. The smallest absolute Gasteiger partial charge is 0.122 e. The van der Waals surface area contributed by atoms with Crippen molar-refractivity contribution >= 4 is 22.9 Å². The molecule has 0 fully saturated rings. The maximum atomic E-state index is 5.90. The molecule has 3 nitrogen and oxygen atoms in total. The lowest BCUT2D eigenvalue weighted by Crippen LogP contribution is -2.30. The predicted octanol–water partition coefficient (Wildman–Crippen LogP) is 3.39. The van der Waals surface area contributed by atoms with Crippen molar-refractivity contribution in [1.82, 2.24) is 10.2 Å². The lowest BCUT2D eigenvalue weighted by molar-refractivity contribution is 0.250. The first-order valence-electron chi connectivity index (χ1n) is 5.81. The van der Waals surface area contributed by atoms with Gasteiger partial charge in [0.1, 0.15) is 5.76 Å². The van der Waals surface area contributed by atoms with E-state index in [9.17, 15) is 0 Å². The Labute approximate surface area is 116 Å². The molecule has 0 amide bonds. The second kappa shape index (κ2) is 6.38. The molecule has 2 heterocycles. The number of halogens is 1. The highest BCUT2D eigenvalue weighted by Crippen LogP contribution is 2.22. The van der Waals surface area contributed by atoms with Crippen molar-refractivity contribution in [3.05, 3.63) is 45.5 Å². The van der Waals surface area contributed by atoms with Gasteiger partial charge in [0.2, 0.25) is 0 Å². The van der Waals surface area contributed by atoms with Crippen LogP contribution in [0.25, 0.3) is 0 Å². The monoisotopic (exact) mass is 284 g/mol. The summed E-state index contributed by atoms with van der Waals surface area (Å²) in [5, 5.41) is 3.43. The minimum absolute atomic E-state index is 0.246. The number of hydrogen-bond donors (Lipinski definition) is 1. The standard InChI is InChI=1S/C13H17ClN2OS/c1-16(2)11(12-4-3-7-17-12)9-15-8-10-5-6-13(14)18-10/h3-7,11,15H,8-9H2,1-2H3. The van der Waals surface area contributed by atoms with E-state index >= 15 is 0 Å². The van der Waals surface area contributed by atoms with E-state index in [2.05, 4.69) is 30.4 Å². The number of nitrogens with one attached hydrogen (secondary N) is 1. The van der Waals surface area contributed by atoms with Gasteiger partial charge in [-0.1, -0.05) is 11.6 Å². The molecule has 0 spiro atoms. The molecular formula is C13H17ClN2OS. The summed E-state index contributed by atoms with van der Waals surface area (Å²) >= 11 is 7.51. The molecule has 2 aromatic heterocycles. The van der Waals surface area contributed by atoms with Crippen molar-refractivity contribution in [2.24, 2.45) is 0 Å². The van der Waals surface area contributed by atoms with E-state index in [0.717, 1.165) is 23.2 Å².